The molecule has 2 aromatic carbocycles. The minimum absolute atomic E-state index is 0.00341. The number of fused-ring (bicyclic) bond motifs is 4. The highest BCUT2D eigenvalue weighted by Crippen LogP contribution is 2.47. The lowest BCUT2D eigenvalue weighted by atomic mass is 9.68. The first-order valence-corrected chi connectivity index (χ1v) is 19.9. The fourth-order valence-electron chi connectivity index (χ4n) is 8.30. The minimum atomic E-state index is -4.21. The van der Waals surface area contributed by atoms with Gasteiger partial charge in [-0.05, 0) is 113 Å². The van der Waals surface area contributed by atoms with Gasteiger partial charge in [-0.3, -0.25) is 9.69 Å². The average molecular weight is 741 g/mol. The Morgan fingerprint density at radius 2 is 1.96 bits per heavy atom. The fraction of sp³-hybridized carbons (Fsp3) is 0.579. The third-order valence-corrected chi connectivity index (χ3v) is 13.7. The van der Waals surface area contributed by atoms with E-state index in [2.05, 4.69) is 21.8 Å². The molecule has 1 saturated carbocycles. The number of ether oxygens (including phenoxy) is 3. The van der Waals surface area contributed by atoms with E-state index in [0.29, 0.717) is 55.9 Å². The number of nitrogens with one attached hydrogen (secondary N) is 1. The molecule has 2 aliphatic carbocycles. The lowest BCUT2D eigenvalue weighted by Crippen LogP contribution is -2.54. The molecule has 0 unspecified atom stereocenters. The number of nitrogens with zero attached hydrogens (tertiary/aromatic N) is 3. The van der Waals surface area contributed by atoms with Gasteiger partial charge in [-0.1, -0.05) is 23.7 Å². The van der Waals surface area contributed by atoms with E-state index in [9.17, 15) is 18.0 Å². The molecule has 1 N–H and O–H groups in total. The maximum atomic E-state index is 13.8. The van der Waals surface area contributed by atoms with Crippen molar-refractivity contribution in [1.82, 2.24) is 14.5 Å². The molecule has 2 amide bonds. The molecule has 1 saturated heterocycles. The molecule has 276 valence electrons. The lowest BCUT2D eigenvalue weighted by Gasteiger charge is -2.46. The van der Waals surface area contributed by atoms with E-state index in [-0.39, 0.29) is 34.3 Å². The van der Waals surface area contributed by atoms with Crippen LogP contribution >= 0.6 is 11.6 Å². The van der Waals surface area contributed by atoms with Crippen LogP contribution < -0.4 is 14.4 Å². The Balaban J connectivity index is 1.28. The average Bonchev–Trinajstić information content (AvgIpc) is 3.57. The molecule has 7 rings (SSSR count). The van der Waals surface area contributed by atoms with Crippen molar-refractivity contribution in [3.05, 3.63) is 64.7 Å². The van der Waals surface area contributed by atoms with Crippen molar-refractivity contribution in [3.63, 3.8) is 0 Å². The maximum absolute atomic E-state index is 13.8. The SMILES string of the molecule is CN(C(=O)O[C@H]1C=CCN(C)C(C)(C)C(=O)NS(=O)(=O)c2ccc3c(c2)N(C[C@@H]2CC[C@H]21)C[C@@]1(CCCc2cc(Cl)ccc21)CO3)[C@@H]1CCOC1. The summed E-state index contributed by atoms with van der Waals surface area (Å²) in [5, 5.41) is 0.706. The number of anilines is 1. The van der Waals surface area contributed by atoms with Gasteiger partial charge in [-0.2, -0.15) is 0 Å². The Bertz CT molecular complexity index is 1810. The van der Waals surface area contributed by atoms with E-state index < -0.39 is 27.6 Å². The molecule has 2 aromatic rings. The van der Waals surface area contributed by atoms with E-state index in [1.54, 1.807) is 49.9 Å². The van der Waals surface area contributed by atoms with E-state index in [1.165, 1.54) is 17.2 Å². The van der Waals surface area contributed by atoms with Gasteiger partial charge < -0.3 is 24.0 Å². The smallest absolute Gasteiger partial charge is 0.410 e. The molecule has 5 atom stereocenters. The number of carbonyl (C=O) groups is 2. The summed E-state index contributed by atoms with van der Waals surface area (Å²) < 4.78 is 48.4. The summed E-state index contributed by atoms with van der Waals surface area (Å²) in [4.78, 5) is 32.8. The molecular formula is C38H49ClN4O7S. The normalized spacial score (nSPS) is 30.2. The number of hydrogen-bond acceptors (Lipinski definition) is 9. The van der Waals surface area contributed by atoms with Crippen LogP contribution in [0.2, 0.25) is 5.02 Å². The van der Waals surface area contributed by atoms with Crippen LogP contribution in [-0.4, -0.2) is 101 Å². The molecule has 3 heterocycles. The van der Waals surface area contributed by atoms with Gasteiger partial charge in [0.15, 0.2) is 0 Å². The first-order chi connectivity index (χ1) is 24.3. The van der Waals surface area contributed by atoms with Crippen LogP contribution in [0.25, 0.3) is 0 Å². The topological polar surface area (TPSA) is 118 Å². The van der Waals surface area contributed by atoms with E-state index >= 15 is 0 Å². The van der Waals surface area contributed by atoms with Crippen LogP contribution in [-0.2, 0) is 36.1 Å². The third kappa shape index (κ3) is 6.96. The number of aryl methyl sites for hydroxylation is 1. The van der Waals surface area contributed by atoms with Gasteiger partial charge in [-0.15, -0.1) is 0 Å². The molecule has 2 fully saturated rings. The molecule has 1 spiro atoms. The second kappa shape index (κ2) is 13.9. The summed E-state index contributed by atoms with van der Waals surface area (Å²) in [6.07, 6.45) is 8.40. The maximum Gasteiger partial charge on any atom is 0.410 e. The first-order valence-electron chi connectivity index (χ1n) is 18.0. The van der Waals surface area contributed by atoms with Crippen LogP contribution in [0.1, 0.15) is 57.1 Å². The van der Waals surface area contributed by atoms with Crippen LogP contribution in [0.3, 0.4) is 0 Å². The standard InChI is InChI=1S/C38H49ClN4O7S/c1-37(2)35(44)40-51(46,47)29-11-14-34-32(20-29)43(23-38(24-49-34)16-5-7-25-19-27(39)10-13-31(25)38)21-26-9-12-30(26)33(8-6-17-41(37)3)50-36(45)42(4)28-15-18-48-22-28/h6,8,10-11,13-14,19-20,26,28,30,33H,5,7,9,12,15-18,21-24H2,1-4H3,(H,40,44)/t26-,28+,30+,33-,38-/m0/s1. The molecule has 0 radical (unpaired) electrons. The van der Waals surface area contributed by atoms with E-state index in [0.717, 1.165) is 38.5 Å². The zero-order valence-corrected chi connectivity index (χ0v) is 31.5. The molecular weight excluding hydrogens is 692 g/mol. The number of halogens is 1. The zero-order chi connectivity index (χ0) is 36.1. The Labute approximate surface area is 306 Å². The Hall–Kier alpha value is -3.32. The van der Waals surface area contributed by atoms with Gasteiger partial charge in [-0.25, -0.2) is 17.9 Å². The summed E-state index contributed by atoms with van der Waals surface area (Å²) in [6.45, 7) is 6.48. The summed E-state index contributed by atoms with van der Waals surface area (Å²) in [7, 11) is -0.678. The highest BCUT2D eigenvalue weighted by Gasteiger charge is 2.46. The number of hydrogen-bond donors (Lipinski definition) is 1. The van der Waals surface area contributed by atoms with Crippen molar-refractivity contribution in [2.45, 2.75) is 80.4 Å². The molecule has 13 heteroatoms. The summed E-state index contributed by atoms with van der Waals surface area (Å²) >= 11 is 6.45. The molecule has 3 aliphatic heterocycles. The summed E-state index contributed by atoms with van der Waals surface area (Å²) in [5.74, 6) is 0.151. The van der Waals surface area contributed by atoms with Crippen LogP contribution in [0.5, 0.6) is 5.75 Å². The monoisotopic (exact) mass is 740 g/mol. The molecule has 0 aromatic heterocycles. The zero-order valence-electron chi connectivity index (χ0n) is 29.9. The van der Waals surface area contributed by atoms with Gasteiger partial charge in [0.05, 0.1) is 35.4 Å². The molecule has 5 aliphatic rings. The highest BCUT2D eigenvalue weighted by molar-refractivity contribution is 7.90. The molecule has 51 heavy (non-hydrogen) atoms. The van der Waals surface area contributed by atoms with Crippen molar-refractivity contribution < 1.29 is 32.2 Å². The predicted octanol–water partition coefficient (Wildman–Crippen LogP) is 5.15. The highest BCUT2D eigenvalue weighted by atomic mass is 35.5. The second-order valence-electron chi connectivity index (χ2n) is 15.5. The number of likely N-dealkylation sites (N-methyl/N-ethyl adjacent to an activating group) is 2. The van der Waals surface area contributed by atoms with Gasteiger partial charge in [0, 0.05) is 49.6 Å². The number of amides is 2. The Morgan fingerprint density at radius 3 is 2.71 bits per heavy atom. The van der Waals surface area contributed by atoms with Crippen molar-refractivity contribution in [2.24, 2.45) is 11.8 Å². The van der Waals surface area contributed by atoms with Crippen LogP contribution in [0.15, 0.2) is 53.4 Å². The van der Waals surface area contributed by atoms with Gasteiger partial charge in [0.1, 0.15) is 11.9 Å². The second-order valence-corrected chi connectivity index (χ2v) is 17.6. The van der Waals surface area contributed by atoms with Crippen molar-refractivity contribution >= 4 is 39.3 Å². The van der Waals surface area contributed by atoms with Gasteiger partial charge in [0.25, 0.3) is 15.9 Å². The van der Waals surface area contributed by atoms with E-state index in [4.69, 9.17) is 25.8 Å². The van der Waals surface area contributed by atoms with Crippen LogP contribution in [0.4, 0.5) is 10.5 Å². The fourth-order valence-corrected chi connectivity index (χ4v) is 9.62. The third-order valence-electron chi connectivity index (χ3n) is 12.1. The van der Waals surface area contributed by atoms with Gasteiger partial charge in [0.2, 0.25) is 0 Å². The van der Waals surface area contributed by atoms with Crippen LogP contribution in [0, 0.1) is 11.8 Å². The van der Waals surface area contributed by atoms with Crippen molar-refractivity contribution in [3.8, 4) is 5.75 Å². The number of benzene rings is 2. The quantitative estimate of drug-likeness (QED) is 0.418. The molecule has 11 nitrogen and oxygen atoms in total. The largest absolute Gasteiger partial charge is 0.490 e. The van der Waals surface area contributed by atoms with E-state index in [1.807, 2.05) is 18.2 Å². The Morgan fingerprint density at radius 1 is 1.14 bits per heavy atom. The number of carbonyl (C=O) groups excluding carboxylic acids is 2. The minimum Gasteiger partial charge on any atom is -0.490 e. The number of rotatable bonds is 2. The van der Waals surface area contributed by atoms with Gasteiger partial charge >= 0.3 is 6.09 Å². The van der Waals surface area contributed by atoms with Crippen molar-refractivity contribution in [2.75, 3.05) is 58.5 Å². The predicted molar refractivity (Wildman–Crippen MR) is 195 cm³/mol. The summed E-state index contributed by atoms with van der Waals surface area (Å²) in [5.41, 5.74) is 1.57. The number of sulfonamides is 1. The Kier molecular flexibility index (Phi) is 9.83. The lowest BCUT2D eigenvalue weighted by molar-refractivity contribution is -0.128. The van der Waals surface area contributed by atoms with Crippen molar-refractivity contribution in [1.29, 1.82) is 0 Å². The first kappa shape index (κ1) is 36.1. The summed E-state index contributed by atoms with van der Waals surface area (Å²) in [6, 6.07) is 10.9. The molecule has 2 bridgehead atoms.